The van der Waals surface area contributed by atoms with Crippen LogP contribution < -0.4 is 4.90 Å². The molecule has 0 fully saturated rings. The van der Waals surface area contributed by atoms with Crippen molar-refractivity contribution < 1.29 is 4.79 Å². The van der Waals surface area contributed by atoms with Gasteiger partial charge in [-0.3, -0.25) is 9.78 Å². The highest BCUT2D eigenvalue weighted by molar-refractivity contribution is 6.04. The molecular weight excluding hydrogens is 272 g/mol. The number of amides is 1. The van der Waals surface area contributed by atoms with E-state index in [0.29, 0.717) is 0 Å². The Labute approximate surface area is 131 Å². The van der Waals surface area contributed by atoms with E-state index in [-0.39, 0.29) is 5.91 Å². The second-order valence-electron chi connectivity index (χ2n) is 5.77. The quantitative estimate of drug-likeness (QED) is 0.791. The van der Waals surface area contributed by atoms with E-state index >= 15 is 0 Å². The third-order valence-corrected chi connectivity index (χ3v) is 4.21. The van der Waals surface area contributed by atoms with Crippen LogP contribution in [0.15, 0.2) is 42.7 Å². The summed E-state index contributed by atoms with van der Waals surface area (Å²) in [5, 5.41) is 0. The van der Waals surface area contributed by atoms with Crippen molar-refractivity contribution in [2.24, 2.45) is 0 Å². The predicted molar refractivity (Wildman–Crippen MR) is 89.9 cm³/mol. The monoisotopic (exact) mass is 292 g/mol. The van der Waals surface area contributed by atoms with Gasteiger partial charge in [0.1, 0.15) is 0 Å². The van der Waals surface area contributed by atoms with Crippen LogP contribution in [0.25, 0.3) is 6.08 Å². The molecule has 0 unspecified atom stereocenters. The molecule has 1 aromatic carbocycles. The molecule has 0 saturated heterocycles. The summed E-state index contributed by atoms with van der Waals surface area (Å²) in [6.45, 7) is 4.95. The minimum atomic E-state index is 0.0328. The predicted octanol–water partition coefficient (Wildman–Crippen LogP) is 3.69. The van der Waals surface area contributed by atoms with E-state index in [1.165, 1.54) is 11.1 Å². The Morgan fingerprint density at radius 1 is 1.23 bits per heavy atom. The second-order valence-corrected chi connectivity index (χ2v) is 5.77. The van der Waals surface area contributed by atoms with Gasteiger partial charge in [-0.15, -0.1) is 0 Å². The number of anilines is 1. The maximum Gasteiger partial charge on any atom is 0.250 e. The van der Waals surface area contributed by atoms with Crippen molar-refractivity contribution in [1.82, 2.24) is 4.98 Å². The fraction of sp³-hybridized carbons (Fsp3) is 0.263. The van der Waals surface area contributed by atoms with Gasteiger partial charge in [0, 0.05) is 25.0 Å². The van der Waals surface area contributed by atoms with E-state index < -0.39 is 0 Å². The fourth-order valence-corrected chi connectivity index (χ4v) is 2.78. The lowest BCUT2D eigenvalue weighted by atomic mass is 10.0. The van der Waals surface area contributed by atoms with Gasteiger partial charge in [0.25, 0.3) is 5.91 Å². The van der Waals surface area contributed by atoms with Gasteiger partial charge in [-0.1, -0.05) is 18.2 Å². The number of aromatic nitrogens is 1. The molecule has 3 rings (SSSR count). The Morgan fingerprint density at radius 2 is 2.09 bits per heavy atom. The maximum atomic E-state index is 12.5. The largest absolute Gasteiger partial charge is 0.308 e. The second kappa shape index (κ2) is 6.14. The third kappa shape index (κ3) is 2.93. The number of nitrogens with zero attached hydrogens (tertiary/aromatic N) is 2. The van der Waals surface area contributed by atoms with Gasteiger partial charge in [0.05, 0.1) is 5.69 Å². The molecule has 0 bridgehead atoms. The van der Waals surface area contributed by atoms with E-state index in [9.17, 15) is 4.79 Å². The Hall–Kier alpha value is -2.42. The van der Waals surface area contributed by atoms with Crippen LogP contribution in [0.1, 0.15) is 28.7 Å². The van der Waals surface area contributed by atoms with Crippen LogP contribution in [-0.2, 0) is 11.2 Å². The highest BCUT2D eigenvalue weighted by atomic mass is 16.2. The zero-order valence-corrected chi connectivity index (χ0v) is 13.0. The summed E-state index contributed by atoms with van der Waals surface area (Å²) in [7, 11) is 0. The van der Waals surface area contributed by atoms with Crippen LogP contribution in [0, 0.1) is 13.8 Å². The van der Waals surface area contributed by atoms with Crippen LogP contribution in [0.5, 0.6) is 0 Å². The highest BCUT2D eigenvalue weighted by Gasteiger charge is 2.20. The Morgan fingerprint density at radius 3 is 2.91 bits per heavy atom. The fourth-order valence-electron chi connectivity index (χ4n) is 2.78. The Bertz CT molecular complexity index is 734. The van der Waals surface area contributed by atoms with Crippen LogP contribution >= 0.6 is 0 Å². The SMILES string of the molecule is Cc1ccc(/C=C/C(=O)N2CCCc3cnccc32)cc1C. The number of benzene rings is 1. The van der Waals surface area contributed by atoms with Gasteiger partial charge < -0.3 is 4.90 Å². The van der Waals surface area contributed by atoms with Gasteiger partial charge in [-0.05, 0) is 61.1 Å². The summed E-state index contributed by atoms with van der Waals surface area (Å²) in [4.78, 5) is 18.5. The zero-order chi connectivity index (χ0) is 15.5. The zero-order valence-electron chi connectivity index (χ0n) is 13.0. The first-order valence-corrected chi connectivity index (χ1v) is 7.65. The lowest BCUT2D eigenvalue weighted by Gasteiger charge is -2.28. The van der Waals surface area contributed by atoms with Crippen molar-refractivity contribution in [3.05, 3.63) is 65.0 Å². The lowest BCUT2D eigenvalue weighted by Crippen LogP contribution is -2.34. The molecule has 1 amide bonds. The molecule has 1 aromatic heterocycles. The van der Waals surface area contributed by atoms with E-state index in [0.717, 1.165) is 36.2 Å². The summed E-state index contributed by atoms with van der Waals surface area (Å²) in [6, 6.07) is 8.16. The minimum Gasteiger partial charge on any atom is -0.308 e. The van der Waals surface area contributed by atoms with Crippen molar-refractivity contribution in [3.8, 4) is 0 Å². The van der Waals surface area contributed by atoms with Gasteiger partial charge in [-0.25, -0.2) is 0 Å². The molecule has 112 valence electrons. The van der Waals surface area contributed by atoms with Crippen molar-refractivity contribution in [3.63, 3.8) is 0 Å². The van der Waals surface area contributed by atoms with Gasteiger partial charge in [0.2, 0.25) is 0 Å². The van der Waals surface area contributed by atoms with Crippen LogP contribution in [0.4, 0.5) is 5.69 Å². The van der Waals surface area contributed by atoms with E-state index in [1.807, 2.05) is 29.3 Å². The number of rotatable bonds is 2. The molecule has 22 heavy (non-hydrogen) atoms. The number of carbonyl (C=O) groups excluding carboxylic acids is 1. The molecule has 3 nitrogen and oxygen atoms in total. The third-order valence-electron chi connectivity index (χ3n) is 4.21. The molecule has 0 atom stereocenters. The highest BCUT2D eigenvalue weighted by Crippen LogP contribution is 2.26. The summed E-state index contributed by atoms with van der Waals surface area (Å²) in [5.74, 6) is 0.0328. The molecular formula is C19H20N2O. The first kappa shape index (κ1) is 14.5. The number of aryl methyl sites for hydroxylation is 3. The van der Waals surface area contributed by atoms with E-state index in [1.54, 1.807) is 12.3 Å². The number of carbonyl (C=O) groups is 1. The molecule has 1 aliphatic rings. The topological polar surface area (TPSA) is 33.2 Å². The average Bonchev–Trinajstić information content (AvgIpc) is 2.55. The molecule has 0 saturated carbocycles. The molecule has 0 spiro atoms. The summed E-state index contributed by atoms with van der Waals surface area (Å²) in [6.07, 6.45) is 9.15. The summed E-state index contributed by atoms with van der Waals surface area (Å²) >= 11 is 0. The van der Waals surface area contributed by atoms with Gasteiger partial charge in [0.15, 0.2) is 0 Å². The number of pyridine rings is 1. The van der Waals surface area contributed by atoms with Gasteiger partial charge >= 0.3 is 0 Å². The molecule has 1 aliphatic heterocycles. The summed E-state index contributed by atoms with van der Waals surface area (Å²) < 4.78 is 0. The average molecular weight is 292 g/mol. The minimum absolute atomic E-state index is 0.0328. The standard InChI is InChI=1S/C19H20N2O/c1-14-5-6-16(12-15(14)2)7-8-19(22)21-11-3-4-17-13-20-10-9-18(17)21/h5-10,12-13H,3-4,11H2,1-2H3/b8-7+. The molecule has 3 heteroatoms. The molecule has 0 N–H and O–H groups in total. The number of hydrogen-bond acceptors (Lipinski definition) is 2. The maximum absolute atomic E-state index is 12.5. The van der Waals surface area contributed by atoms with Crippen LogP contribution in [0.2, 0.25) is 0 Å². The number of hydrogen-bond donors (Lipinski definition) is 0. The summed E-state index contributed by atoms with van der Waals surface area (Å²) in [5.41, 5.74) is 5.71. The molecule has 2 aromatic rings. The van der Waals surface area contributed by atoms with Crippen molar-refractivity contribution in [1.29, 1.82) is 0 Å². The molecule has 0 radical (unpaired) electrons. The van der Waals surface area contributed by atoms with Gasteiger partial charge in [-0.2, -0.15) is 0 Å². The Kier molecular flexibility index (Phi) is 4.05. The molecule has 0 aliphatic carbocycles. The normalized spacial score (nSPS) is 14.2. The van der Waals surface area contributed by atoms with E-state index in [4.69, 9.17) is 0 Å². The van der Waals surface area contributed by atoms with Crippen LogP contribution in [0.3, 0.4) is 0 Å². The van der Waals surface area contributed by atoms with Crippen molar-refractivity contribution in [2.45, 2.75) is 26.7 Å². The lowest BCUT2D eigenvalue weighted by molar-refractivity contribution is -0.114. The van der Waals surface area contributed by atoms with Crippen molar-refractivity contribution >= 4 is 17.7 Å². The molecule has 2 heterocycles. The number of fused-ring (bicyclic) bond motifs is 1. The Balaban J connectivity index is 1.80. The van der Waals surface area contributed by atoms with Crippen molar-refractivity contribution in [2.75, 3.05) is 11.4 Å². The van der Waals surface area contributed by atoms with Crippen LogP contribution in [-0.4, -0.2) is 17.4 Å². The first-order valence-electron chi connectivity index (χ1n) is 7.65. The first-order chi connectivity index (χ1) is 10.6. The van der Waals surface area contributed by atoms with E-state index in [2.05, 4.69) is 31.0 Å². The smallest absolute Gasteiger partial charge is 0.250 e.